The predicted molar refractivity (Wildman–Crippen MR) is 79.0 cm³/mol. The number of hydrogen-bond acceptors (Lipinski definition) is 1. The molecule has 0 amide bonds. The quantitative estimate of drug-likeness (QED) is 0.508. The Labute approximate surface area is 131 Å². The van der Waals surface area contributed by atoms with Crippen LogP contribution in [0, 0.1) is 0 Å². The molecule has 3 aromatic rings. The van der Waals surface area contributed by atoms with Crippen LogP contribution in [0.15, 0.2) is 84.9 Å². The summed E-state index contributed by atoms with van der Waals surface area (Å²) >= 11 is 0. The Morgan fingerprint density at radius 3 is 2.05 bits per heavy atom. The van der Waals surface area contributed by atoms with Crippen LogP contribution in [0.3, 0.4) is 0 Å². The van der Waals surface area contributed by atoms with Gasteiger partial charge in [-0.3, -0.25) is 0 Å². The molecule has 0 saturated carbocycles. The third-order valence-electron chi connectivity index (χ3n) is 2.67. The number of hydrogen-bond donors (Lipinski definition) is 0. The van der Waals surface area contributed by atoms with E-state index in [1.165, 1.54) is 11.1 Å². The smallest absolute Gasteiger partial charge is 0.384 e. The van der Waals surface area contributed by atoms with E-state index < -0.39 is 0 Å². The van der Waals surface area contributed by atoms with Gasteiger partial charge in [0.05, 0.1) is 6.61 Å². The van der Waals surface area contributed by atoms with Gasteiger partial charge in [-0.15, -0.1) is 5.56 Å². The summed E-state index contributed by atoms with van der Waals surface area (Å²) in [6.07, 6.45) is 0. The second kappa shape index (κ2) is 10.2. The average molecular weight is 306 g/mol. The normalized spacial score (nSPS) is 9.20. The number of benzene rings is 1. The monoisotopic (exact) mass is 306 g/mol. The molecule has 20 heavy (non-hydrogen) atoms. The molecule has 0 aliphatic carbocycles. The molecule has 0 spiro atoms. The van der Waals surface area contributed by atoms with Crippen LogP contribution in [0.5, 0.6) is 0 Å². The van der Waals surface area contributed by atoms with Crippen LogP contribution in [-0.2, 0) is 35.0 Å². The molecule has 0 radical (unpaired) electrons. The summed E-state index contributed by atoms with van der Waals surface area (Å²) < 4.78 is 5.56. The zero-order chi connectivity index (χ0) is 13.2. The van der Waals surface area contributed by atoms with Gasteiger partial charge in [0, 0.05) is 6.61 Å². The van der Waals surface area contributed by atoms with Gasteiger partial charge in [-0.1, -0.05) is 30.3 Å². The molecule has 104 valence electrons. The van der Waals surface area contributed by atoms with E-state index in [1.807, 2.05) is 60.7 Å². The van der Waals surface area contributed by atoms with Gasteiger partial charge in [0.25, 0.3) is 0 Å². The Kier molecular flexibility index (Phi) is 8.41. The first-order chi connectivity index (χ1) is 9.45. The second-order valence-corrected chi connectivity index (χ2v) is 4.23. The molecule has 3 aromatic carbocycles. The van der Waals surface area contributed by atoms with Crippen LogP contribution in [-0.4, -0.2) is 0 Å². The molecule has 0 fully saturated rings. The second-order valence-electron chi connectivity index (χ2n) is 4.23. The molecular formula is C18H18FeO. The van der Waals surface area contributed by atoms with Crippen molar-refractivity contribution in [1.29, 1.82) is 0 Å². The Hall–Kier alpha value is -1.60. The first-order valence-corrected chi connectivity index (χ1v) is 6.44. The minimum Gasteiger partial charge on any atom is -0.384 e. The van der Waals surface area contributed by atoms with Gasteiger partial charge in [-0.05, 0) is 5.56 Å². The largest absolute Gasteiger partial charge is 2.00 e. The van der Waals surface area contributed by atoms with Crippen LogP contribution in [0.2, 0.25) is 0 Å². The average Bonchev–Trinajstić information content (AvgIpc) is 3.16. The van der Waals surface area contributed by atoms with Crippen molar-refractivity contribution in [3.05, 3.63) is 96.1 Å². The Bertz CT molecular complexity index is 495. The summed E-state index contributed by atoms with van der Waals surface area (Å²) in [7, 11) is 0. The molecule has 0 saturated heterocycles. The third kappa shape index (κ3) is 6.53. The minimum absolute atomic E-state index is 0. The van der Waals surface area contributed by atoms with Gasteiger partial charge in [0.15, 0.2) is 0 Å². The Morgan fingerprint density at radius 2 is 1.50 bits per heavy atom. The maximum Gasteiger partial charge on any atom is 2.00 e. The summed E-state index contributed by atoms with van der Waals surface area (Å²) in [6, 6.07) is 28.4. The van der Waals surface area contributed by atoms with Crippen LogP contribution in [0.25, 0.3) is 0 Å². The molecule has 0 bridgehead atoms. The SMILES string of the molecule is [Fe+2].c1cc[cH-]c1.c1ccc(COC[c-]2cccc2)cc1. The van der Waals surface area contributed by atoms with Gasteiger partial charge in [0.1, 0.15) is 0 Å². The van der Waals surface area contributed by atoms with E-state index in [1.54, 1.807) is 0 Å². The summed E-state index contributed by atoms with van der Waals surface area (Å²) in [6.45, 7) is 1.38. The van der Waals surface area contributed by atoms with Crippen molar-refractivity contribution in [3.63, 3.8) is 0 Å². The van der Waals surface area contributed by atoms with Crippen molar-refractivity contribution < 1.29 is 21.8 Å². The standard InChI is InChI=1S/C13H13O.C5H5.Fe/c1-2-6-12(7-3-1)10-14-11-13-8-4-5-9-13;1-2-4-5-3-1;/h1-9H,10-11H2;1-5H;/q2*-1;+2. The maximum absolute atomic E-state index is 5.56. The van der Waals surface area contributed by atoms with E-state index >= 15 is 0 Å². The summed E-state index contributed by atoms with van der Waals surface area (Å²) in [4.78, 5) is 0. The van der Waals surface area contributed by atoms with Crippen molar-refractivity contribution >= 4 is 0 Å². The van der Waals surface area contributed by atoms with E-state index in [0.717, 1.165) is 0 Å². The van der Waals surface area contributed by atoms with Crippen molar-refractivity contribution in [3.8, 4) is 0 Å². The van der Waals surface area contributed by atoms with Crippen molar-refractivity contribution in [2.45, 2.75) is 13.2 Å². The van der Waals surface area contributed by atoms with E-state index in [4.69, 9.17) is 4.74 Å². The van der Waals surface area contributed by atoms with Gasteiger partial charge >= 0.3 is 17.1 Å². The molecule has 3 rings (SSSR count). The van der Waals surface area contributed by atoms with Crippen LogP contribution < -0.4 is 0 Å². The topological polar surface area (TPSA) is 9.23 Å². The van der Waals surface area contributed by atoms with Gasteiger partial charge in [0.2, 0.25) is 0 Å². The first kappa shape index (κ1) is 16.5. The van der Waals surface area contributed by atoms with Crippen molar-refractivity contribution in [2.24, 2.45) is 0 Å². The van der Waals surface area contributed by atoms with Crippen LogP contribution >= 0.6 is 0 Å². The first-order valence-electron chi connectivity index (χ1n) is 6.44. The van der Waals surface area contributed by atoms with E-state index in [0.29, 0.717) is 13.2 Å². The molecule has 0 aromatic heterocycles. The third-order valence-corrected chi connectivity index (χ3v) is 2.67. The van der Waals surface area contributed by atoms with Gasteiger partial charge in [-0.25, -0.2) is 24.3 Å². The molecule has 2 heteroatoms. The fourth-order valence-corrected chi connectivity index (χ4v) is 1.69. The molecule has 0 atom stereocenters. The number of ether oxygens (including phenoxy) is 1. The summed E-state index contributed by atoms with van der Waals surface area (Å²) in [5.41, 5.74) is 2.46. The maximum atomic E-state index is 5.56. The minimum atomic E-state index is 0. The molecule has 0 aliphatic heterocycles. The van der Waals surface area contributed by atoms with Crippen LogP contribution in [0.4, 0.5) is 0 Å². The zero-order valence-electron chi connectivity index (χ0n) is 11.3. The van der Waals surface area contributed by atoms with Gasteiger partial charge < -0.3 is 4.74 Å². The van der Waals surface area contributed by atoms with E-state index in [9.17, 15) is 0 Å². The molecule has 0 heterocycles. The molecule has 0 unspecified atom stereocenters. The Balaban J connectivity index is 0.000000283. The summed E-state index contributed by atoms with van der Waals surface area (Å²) in [5.74, 6) is 0. The Morgan fingerprint density at radius 1 is 0.850 bits per heavy atom. The zero-order valence-corrected chi connectivity index (χ0v) is 12.4. The predicted octanol–water partition coefficient (Wildman–Crippen LogP) is 4.53. The van der Waals surface area contributed by atoms with E-state index in [2.05, 4.69) is 24.3 Å². The summed E-state index contributed by atoms with van der Waals surface area (Å²) in [5, 5.41) is 0. The van der Waals surface area contributed by atoms with Crippen molar-refractivity contribution in [1.82, 2.24) is 0 Å². The number of rotatable bonds is 4. The molecular weight excluding hydrogens is 288 g/mol. The molecule has 0 aliphatic rings. The fraction of sp³-hybridized carbons (Fsp3) is 0.111. The van der Waals surface area contributed by atoms with Gasteiger partial charge in [-0.2, -0.15) is 30.3 Å². The molecule has 1 nitrogen and oxygen atoms in total. The van der Waals surface area contributed by atoms with Crippen molar-refractivity contribution in [2.75, 3.05) is 0 Å². The fourth-order valence-electron chi connectivity index (χ4n) is 1.69. The molecule has 0 N–H and O–H groups in total. The van der Waals surface area contributed by atoms with Crippen LogP contribution in [0.1, 0.15) is 11.1 Å². The van der Waals surface area contributed by atoms with E-state index in [-0.39, 0.29) is 17.1 Å².